The number of halogens is 1. The molecule has 0 saturated carbocycles. The first-order valence-electron chi connectivity index (χ1n) is 3.94. The number of nitrogens with zero attached hydrogens (tertiary/aromatic N) is 1. The highest BCUT2D eigenvalue weighted by Gasteiger charge is 2.05. The van der Waals surface area contributed by atoms with Gasteiger partial charge in [0, 0.05) is 11.8 Å². The van der Waals surface area contributed by atoms with Crippen molar-refractivity contribution in [1.29, 1.82) is 0 Å². The van der Waals surface area contributed by atoms with E-state index in [-0.39, 0.29) is 0 Å². The summed E-state index contributed by atoms with van der Waals surface area (Å²) in [7, 11) is 0. The molecule has 68 valence electrons. The maximum Gasteiger partial charge on any atom is 0.195 e. The van der Waals surface area contributed by atoms with E-state index in [2.05, 4.69) is 20.9 Å². The van der Waals surface area contributed by atoms with Crippen molar-refractivity contribution in [2.75, 3.05) is 5.33 Å². The van der Waals surface area contributed by atoms with Crippen LogP contribution in [0, 0.1) is 0 Å². The molecule has 0 aliphatic rings. The Morgan fingerprint density at radius 3 is 3.15 bits per heavy atom. The fraction of sp³-hybridized carbons (Fsp3) is 0.222. The molecule has 4 heteroatoms. The molecule has 0 aliphatic carbocycles. The van der Waals surface area contributed by atoms with Gasteiger partial charge in [0.15, 0.2) is 11.7 Å². The summed E-state index contributed by atoms with van der Waals surface area (Å²) < 4.78 is 5.54. The highest BCUT2D eigenvalue weighted by molar-refractivity contribution is 9.09. The van der Waals surface area contributed by atoms with E-state index < -0.39 is 0 Å². The molecule has 0 unspecified atom stereocenters. The fourth-order valence-electron chi connectivity index (χ4n) is 1.04. The molecular weight excluding hydrogens is 250 g/mol. The van der Waals surface area contributed by atoms with Gasteiger partial charge < -0.3 is 4.42 Å². The molecule has 0 aromatic carbocycles. The van der Waals surface area contributed by atoms with Crippen molar-refractivity contribution in [3.8, 4) is 10.6 Å². The summed E-state index contributed by atoms with van der Waals surface area (Å²) in [5.74, 6) is 1.66. The standard InChI is InChI=1S/C9H8BrNOS/c10-4-3-9-11-6-7(12-9)8-2-1-5-13-8/h1-2,5-6H,3-4H2. The molecule has 2 aromatic rings. The average molecular weight is 258 g/mol. The summed E-state index contributed by atoms with van der Waals surface area (Å²) in [4.78, 5) is 5.30. The van der Waals surface area contributed by atoms with Crippen LogP contribution in [0.15, 0.2) is 28.1 Å². The van der Waals surface area contributed by atoms with Crippen LogP contribution >= 0.6 is 27.3 Å². The molecule has 13 heavy (non-hydrogen) atoms. The summed E-state index contributed by atoms with van der Waals surface area (Å²) >= 11 is 5.01. The average Bonchev–Trinajstić information content (AvgIpc) is 2.70. The van der Waals surface area contributed by atoms with Crippen LogP contribution < -0.4 is 0 Å². The van der Waals surface area contributed by atoms with E-state index in [4.69, 9.17) is 4.42 Å². The first kappa shape index (κ1) is 8.97. The molecule has 0 spiro atoms. The predicted octanol–water partition coefficient (Wildman–Crippen LogP) is 3.34. The number of thiophene rings is 1. The second kappa shape index (κ2) is 4.07. The summed E-state index contributed by atoms with van der Waals surface area (Å²) in [6.45, 7) is 0. The van der Waals surface area contributed by atoms with E-state index in [0.29, 0.717) is 0 Å². The Balaban J connectivity index is 2.23. The van der Waals surface area contributed by atoms with Crippen molar-refractivity contribution in [3.05, 3.63) is 29.6 Å². The normalized spacial score (nSPS) is 10.5. The van der Waals surface area contributed by atoms with Crippen molar-refractivity contribution in [2.24, 2.45) is 0 Å². The van der Waals surface area contributed by atoms with Crippen molar-refractivity contribution in [2.45, 2.75) is 6.42 Å². The van der Waals surface area contributed by atoms with Crippen molar-refractivity contribution >= 4 is 27.3 Å². The zero-order valence-electron chi connectivity index (χ0n) is 6.87. The predicted molar refractivity (Wildman–Crippen MR) is 57.3 cm³/mol. The molecule has 0 bridgehead atoms. The molecule has 0 saturated heterocycles. The zero-order valence-corrected chi connectivity index (χ0v) is 9.27. The second-order valence-electron chi connectivity index (χ2n) is 2.53. The summed E-state index contributed by atoms with van der Waals surface area (Å²) in [6, 6.07) is 4.04. The van der Waals surface area contributed by atoms with E-state index in [0.717, 1.165) is 28.3 Å². The highest BCUT2D eigenvalue weighted by atomic mass is 79.9. The van der Waals surface area contributed by atoms with Crippen molar-refractivity contribution < 1.29 is 4.42 Å². The number of alkyl halides is 1. The Hall–Kier alpha value is -0.610. The van der Waals surface area contributed by atoms with Gasteiger partial charge in [-0.25, -0.2) is 4.98 Å². The molecule has 0 atom stereocenters. The molecule has 0 aliphatic heterocycles. The van der Waals surface area contributed by atoms with Gasteiger partial charge in [0.1, 0.15) is 0 Å². The number of aryl methyl sites for hydroxylation is 1. The molecule has 2 rings (SSSR count). The summed E-state index contributed by atoms with van der Waals surface area (Å²) in [6.07, 6.45) is 2.62. The van der Waals surface area contributed by atoms with Crippen LogP contribution in [-0.4, -0.2) is 10.3 Å². The number of aromatic nitrogens is 1. The second-order valence-corrected chi connectivity index (χ2v) is 4.28. The van der Waals surface area contributed by atoms with Crippen LogP contribution in [0.4, 0.5) is 0 Å². The molecule has 2 aromatic heterocycles. The summed E-state index contributed by atoms with van der Waals surface area (Å²) in [5.41, 5.74) is 0. The number of rotatable bonds is 3. The van der Waals surface area contributed by atoms with Crippen molar-refractivity contribution in [3.63, 3.8) is 0 Å². The monoisotopic (exact) mass is 257 g/mol. The van der Waals surface area contributed by atoms with Crippen LogP contribution in [0.25, 0.3) is 10.6 Å². The molecule has 2 nitrogen and oxygen atoms in total. The largest absolute Gasteiger partial charge is 0.440 e. The minimum Gasteiger partial charge on any atom is -0.440 e. The maximum atomic E-state index is 5.54. The van der Waals surface area contributed by atoms with Gasteiger partial charge in [-0.2, -0.15) is 0 Å². The quantitative estimate of drug-likeness (QED) is 0.789. The van der Waals surface area contributed by atoms with Gasteiger partial charge in [0.2, 0.25) is 0 Å². The lowest BCUT2D eigenvalue weighted by Gasteiger charge is -1.88. The Bertz CT molecular complexity index is 369. The maximum absolute atomic E-state index is 5.54. The van der Waals surface area contributed by atoms with E-state index in [1.807, 2.05) is 17.5 Å². The lowest BCUT2D eigenvalue weighted by atomic mass is 10.4. The molecule has 0 fully saturated rings. The Kier molecular flexibility index (Phi) is 2.80. The SMILES string of the molecule is BrCCc1ncc(-c2cccs2)o1. The van der Waals surface area contributed by atoms with Gasteiger partial charge in [0.25, 0.3) is 0 Å². The van der Waals surface area contributed by atoms with Gasteiger partial charge in [0.05, 0.1) is 11.1 Å². The third-order valence-corrected chi connectivity index (χ3v) is 2.91. The van der Waals surface area contributed by atoms with Gasteiger partial charge >= 0.3 is 0 Å². The third kappa shape index (κ3) is 2.00. The fourth-order valence-corrected chi connectivity index (χ4v) is 2.05. The topological polar surface area (TPSA) is 26.0 Å². The number of hydrogen-bond donors (Lipinski definition) is 0. The number of hydrogen-bond acceptors (Lipinski definition) is 3. The highest BCUT2D eigenvalue weighted by Crippen LogP contribution is 2.25. The first-order valence-corrected chi connectivity index (χ1v) is 5.95. The lowest BCUT2D eigenvalue weighted by molar-refractivity contribution is 0.516. The molecule has 2 heterocycles. The van der Waals surface area contributed by atoms with Gasteiger partial charge in [-0.3, -0.25) is 0 Å². The van der Waals surface area contributed by atoms with E-state index in [1.54, 1.807) is 17.5 Å². The van der Waals surface area contributed by atoms with Crippen molar-refractivity contribution in [1.82, 2.24) is 4.98 Å². The lowest BCUT2D eigenvalue weighted by Crippen LogP contribution is -1.82. The van der Waals surface area contributed by atoms with Crippen LogP contribution in [0.1, 0.15) is 5.89 Å². The van der Waals surface area contributed by atoms with Gasteiger partial charge in [-0.1, -0.05) is 22.0 Å². The smallest absolute Gasteiger partial charge is 0.195 e. The third-order valence-electron chi connectivity index (χ3n) is 1.63. The minimum atomic E-state index is 0.792. The van der Waals surface area contributed by atoms with E-state index in [9.17, 15) is 0 Å². The van der Waals surface area contributed by atoms with Crippen LogP contribution in [0.3, 0.4) is 0 Å². The zero-order chi connectivity index (χ0) is 9.10. The van der Waals surface area contributed by atoms with Crippen LogP contribution in [0.2, 0.25) is 0 Å². The summed E-state index contributed by atoms with van der Waals surface area (Å²) in [5, 5.41) is 2.92. The van der Waals surface area contributed by atoms with E-state index >= 15 is 0 Å². The Morgan fingerprint density at radius 2 is 2.46 bits per heavy atom. The minimum absolute atomic E-state index is 0.792. The molecule has 0 N–H and O–H groups in total. The van der Waals surface area contributed by atoms with E-state index in [1.165, 1.54) is 0 Å². The van der Waals surface area contributed by atoms with Gasteiger partial charge in [-0.05, 0) is 11.4 Å². The Morgan fingerprint density at radius 1 is 1.54 bits per heavy atom. The molecular formula is C9H8BrNOS. The van der Waals surface area contributed by atoms with Gasteiger partial charge in [-0.15, -0.1) is 11.3 Å². The van der Waals surface area contributed by atoms with Crippen LogP contribution in [-0.2, 0) is 6.42 Å². The number of oxazole rings is 1. The Labute approximate surface area is 88.7 Å². The molecule has 0 amide bonds. The molecule has 0 radical (unpaired) electrons. The van der Waals surface area contributed by atoms with Crippen LogP contribution in [0.5, 0.6) is 0 Å². The first-order chi connectivity index (χ1) is 6.40.